The van der Waals surface area contributed by atoms with Gasteiger partial charge in [-0.3, -0.25) is 9.78 Å². The number of ether oxygens (including phenoxy) is 1. The SMILES string of the molecule is CC(C)[C@H]1c2ccc(OCc3ncccc3O)cc2CCN1C(=O)C1CC1C(C)(C)C. The zero-order valence-corrected chi connectivity index (χ0v) is 19.3. The third-order valence-electron chi connectivity index (χ3n) is 6.77. The minimum absolute atomic E-state index is 0.103. The first-order valence-corrected chi connectivity index (χ1v) is 11.4. The summed E-state index contributed by atoms with van der Waals surface area (Å²) in [6, 6.07) is 9.58. The summed E-state index contributed by atoms with van der Waals surface area (Å²) < 4.78 is 5.91. The molecule has 1 fully saturated rings. The Labute approximate surface area is 185 Å². The topological polar surface area (TPSA) is 62.7 Å². The van der Waals surface area contributed by atoms with Gasteiger partial charge in [0.1, 0.15) is 23.8 Å². The van der Waals surface area contributed by atoms with Crippen molar-refractivity contribution in [3.63, 3.8) is 0 Å². The zero-order chi connectivity index (χ0) is 22.3. The number of benzene rings is 1. The van der Waals surface area contributed by atoms with E-state index in [1.807, 2.05) is 6.07 Å². The molecule has 5 heteroatoms. The summed E-state index contributed by atoms with van der Waals surface area (Å²) in [7, 11) is 0. The second-order valence-corrected chi connectivity index (χ2v) is 10.4. The molecular weight excluding hydrogens is 388 g/mol. The van der Waals surface area contributed by atoms with Crippen LogP contribution >= 0.6 is 0 Å². The highest BCUT2D eigenvalue weighted by Crippen LogP contribution is 2.52. The minimum Gasteiger partial charge on any atom is -0.506 e. The van der Waals surface area contributed by atoms with Crippen molar-refractivity contribution >= 4 is 5.91 Å². The molecule has 1 aromatic carbocycles. The summed E-state index contributed by atoms with van der Waals surface area (Å²) in [6.07, 6.45) is 3.50. The number of aromatic hydroxyl groups is 1. The summed E-state index contributed by atoms with van der Waals surface area (Å²) in [5, 5.41) is 9.90. The first-order valence-electron chi connectivity index (χ1n) is 11.4. The molecular formula is C26H34N2O3. The van der Waals surface area contributed by atoms with Crippen LogP contribution in [0.1, 0.15) is 63.9 Å². The molecule has 5 nitrogen and oxygen atoms in total. The number of nitrogens with zero attached hydrogens (tertiary/aromatic N) is 2. The lowest BCUT2D eigenvalue weighted by molar-refractivity contribution is -0.137. The Morgan fingerprint density at radius 1 is 1.29 bits per heavy atom. The lowest BCUT2D eigenvalue weighted by atomic mass is 9.85. The van der Waals surface area contributed by atoms with E-state index in [9.17, 15) is 9.90 Å². The maximum Gasteiger partial charge on any atom is 0.226 e. The van der Waals surface area contributed by atoms with Gasteiger partial charge in [-0.1, -0.05) is 40.7 Å². The van der Waals surface area contributed by atoms with Crippen molar-refractivity contribution in [2.24, 2.45) is 23.2 Å². The third-order valence-corrected chi connectivity index (χ3v) is 6.77. The molecule has 2 aliphatic rings. The predicted molar refractivity (Wildman–Crippen MR) is 121 cm³/mol. The van der Waals surface area contributed by atoms with E-state index in [1.165, 1.54) is 11.1 Å². The Kier molecular flexibility index (Phi) is 5.71. The van der Waals surface area contributed by atoms with Gasteiger partial charge in [-0.05, 0) is 65.5 Å². The van der Waals surface area contributed by atoms with Gasteiger partial charge in [-0.15, -0.1) is 0 Å². The van der Waals surface area contributed by atoms with E-state index < -0.39 is 0 Å². The largest absolute Gasteiger partial charge is 0.506 e. The molecule has 2 aromatic rings. The molecule has 4 rings (SSSR count). The monoisotopic (exact) mass is 422 g/mol. The van der Waals surface area contributed by atoms with E-state index in [0.717, 1.165) is 25.1 Å². The second-order valence-electron chi connectivity index (χ2n) is 10.4. The van der Waals surface area contributed by atoms with Gasteiger partial charge >= 0.3 is 0 Å². The number of hydrogen-bond donors (Lipinski definition) is 1. The molecule has 2 unspecified atom stereocenters. The predicted octanol–water partition coefficient (Wildman–Crippen LogP) is 5.13. The number of amides is 1. The molecule has 31 heavy (non-hydrogen) atoms. The molecule has 1 N–H and O–H groups in total. The average Bonchev–Trinajstić information content (AvgIpc) is 3.53. The summed E-state index contributed by atoms with van der Waals surface area (Å²) in [4.78, 5) is 19.7. The number of fused-ring (bicyclic) bond motifs is 1. The Bertz CT molecular complexity index is 963. The lowest BCUT2D eigenvalue weighted by Gasteiger charge is -2.40. The first-order chi connectivity index (χ1) is 14.7. The molecule has 1 saturated carbocycles. The zero-order valence-electron chi connectivity index (χ0n) is 19.3. The van der Waals surface area contributed by atoms with Gasteiger partial charge < -0.3 is 14.7 Å². The number of carbonyl (C=O) groups excluding carboxylic acids is 1. The molecule has 2 heterocycles. The Balaban J connectivity index is 1.51. The fourth-order valence-electron chi connectivity index (χ4n) is 5.02. The van der Waals surface area contributed by atoms with Gasteiger partial charge in [0.05, 0.1) is 6.04 Å². The molecule has 166 valence electrons. The van der Waals surface area contributed by atoms with Crippen LogP contribution < -0.4 is 4.74 Å². The van der Waals surface area contributed by atoms with Crippen molar-refractivity contribution < 1.29 is 14.6 Å². The van der Waals surface area contributed by atoms with Crippen LogP contribution in [0.15, 0.2) is 36.5 Å². The molecule has 1 aliphatic carbocycles. The summed E-state index contributed by atoms with van der Waals surface area (Å²) in [5.41, 5.74) is 3.19. The van der Waals surface area contributed by atoms with Crippen molar-refractivity contribution in [1.29, 1.82) is 0 Å². The fourth-order valence-corrected chi connectivity index (χ4v) is 5.02. The smallest absolute Gasteiger partial charge is 0.226 e. The second kappa shape index (κ2) is 8.18. The number of aromatic nitrogens is 1. The van der Waals surface area contributed by atoms with Crippen LogP contribution in [0.2, 0.25) is 0 Å². The quantitative estimate of drug-likeness (QED) is 0.726. The molecule has 0 spiro atoms. The normalized spacial score (nSPS) is 22.9. The number of hydrogen-bond acceptors (Lipinski definition) is 4. The van der Waals surface area contributed by atoms with E-state index in [4.69, 9.17) is 4.74 Å². The van der Waals surface area contributed by atoms with E-state index >= 15 is 0 Å². The summed E-state index contributed by atoms with van der Waals surface area (Å²) in [6.45, 7) is 12.1. The van der Waals surface area contributed by atoms with Gasteiger partial charge in [-0.2, -0.15) is 0 Å². The number of rotatable bonds is 5. The Morgan fingerprint density at radius 3 is 2.71 bits per heavy atom. The van der Waals surface area contributed by atoms with Crippen LogP contribution in [0.4, 0.5) is 0 Å². The fraction of sp³-hybridized carbons (Fsp3) is 0.538. The van der Waals surface area contributed by atoms with E-state index in [1.54, 1.807) is 18.3 Å². The van der Waals surface area contributed by atoms with Crippen molar-refractivity contribution in [3.05, 3.63) is 53.3 Å². The van der Waals surface area contributed by atoms with E-state index in [2.05, 4.69) is 56.6 Å². The maximum absolute atomic E-state index is 13.4. The van der Waals surface area contributed by atoms with Crippen molar-refractivity contribution in [3.8, 4) is 11.5 Å². The standard InChI is InChI=1S/C26H34N2O3/c1-16(2)24-19-9-8-18(31-15-22-23(29)7-6-11-27-22)13-17(19)10-12-28(24)25(30)20-14-21(20)26(3,4)5/h6-9,11,13,16,20-21,24,29H,10,12,14-15H2,1-5H3/t20?,21?,24-/m0/s1. The van der Waals surface area contributed by atoms with Crippen LogP contribution in [0.25, 0.3) is 0 Å². The van der Waals surface area contributed by atoms with Crippen LogP contribution in [-0.2, 0) is 17.8 Å². The summed E-state index contributed by atoms with van der Waals surface area (Å²) >= 11 is 0. The number of carbonyl (C=O) groups is 1. The highest BCUT2D eigenvalue weighted by atomic mass is 16.5. The van der Waals surface area contributed by atoms with Crippen molar-refractivity contribution in [2.75, 3.05) is 6.54 Å². The van der Waals surface area contributed by atoms with Gasteiger partial charge in [0.25, 0.3) is 0 Å². The molecule has 0 bridgehead atoms. The number of pyridine rings is 1. The maximum atomic E-state index is 13.4. The summed E-state index contributed by atoms with van der Waals surface area (Å²) in [5.74, 6) is 2.25. The highest BCUT2D eigenvalue weighted by Gasteiger charge is 2.52. The van der Waals surface area contributed by atoms with Gasteiger partial charge in [0.15, 0.2) is 0 Å². The molecule has 1 aliphatic heterocycles. The highest BCUT2D eigenvalue weighted by molar-refractivity contribution is 5.82. The third kappa shape index (κ3) is 4.41. The average molecular weight is 423 g/mol. The lowest BCUT2D eigenvalue weighted by Crippen LogP contribution is -2.43. The van der Waals surface area contributed by atoms with Crippen molar-refractivity contribution in [2.45, 2.75) is 60.1 Å². The minimum atomic E-state index is 0.103. The van der Waals surface area contributed by atoms with E-state index in [-0.39, 0.29) is 29.7 Å². The Hall–Kier alpha value is -2.56. The molecule has 0 radical (unpaired) electrons. The molecule has 1 aromatic heterocycles. The van der Waals surface area contributed by atoms with Crippen LogP contribution in [0, 0.1) is 23.2 Å². The van der Waals surface area contributed by atoms with Gasteiger partial charge in [0, 0.05) is 18.7 Å². The van der Waals surface area contributed by atoms with E-state index in [0.29, 0.717) is 23.4 Å². The molecule has 3 atom stereocenters. The van der Waals surface area contributed by atoms with Crippen LogP contribution in [0.5, 0.6) is 11.5 Å². The van der Waals surface area contributed by atoms with Gasteiger partial charge in [-0.25, -0.2) is 0 Å². The van der Waals surface area contributed by atoms with Crippen molar-refractivity contribution in [1.82, 2.24) is 9.88 Å². The molecule has 0 saturated heterocycles. The van der Waals surface area contributed by atoms with Crippen LogP contribution in [0.3, 0.4) is 0 Å². The van der Waals surface area contributed by atoms with Gasteiger partial charge in [0.2, 0.25) is 5.91 Å². The van der Waals surface area contributed by atoms with Crippen LogP contribution in [-0.4, -0.2) is 27.4 Å². The first kappa shape index (κ1) is 21.7. The molecule has 1 amide bonds. The Morgan fingerprint density at radius 2 is 2.06 bits per heavy atom.